The smallest absolute Gasteiger partial charge is 0.254 e. The van der Waals surface area contributed by atoms with Gasteiger partial charge in [-0.15, -0.1) is 11.8 Å². The summed E-state index contributed by atoms with van der Waals surface area (Å²) in [6.07, 6.45) is 4.31. The van der Waals surface area contributed by atoms with Gasteiger partial charge in [0.15, 0.2) is 0 Å². The molecule has 0 spiro atoms. The lowest BCUT2D eigenvalue weighted by Gasteiger charge is -2.32. The third-order valence-corrected chi connectivity index (χ3v) is 6.38. The summed E-state index contributed by atoms with van der Waals surface area (Å²) < 4.78 is 0. The molecule has 0 atom stereocenters. The molecule has 2 saturated heterocycles. The van der Waals surface area contributed by atoms with Gasteiger partial charge < -0.3 is 15.1 Å². The minimum absolute atomic E-state index is 0.102. The monoisotopic (exact) mass is 375 g/mol. The molecular formula is C20H29N3O2S. The van der Waals surface area contributed by atoms with E-state index in [2.05, 4.69) is 5.32 Å². The average molecular weight is 376 g/mol. The number of piperidine rings is 1. The average Bonchev–Trinajstić information content (AvgIpc) is 3.22. The molecule has 6 heteroatoms. The standard InChI is InChI=1S/C20H29N3O2S/c1-21-14-16-8-12-23(13-9-16)20(25)17-6-2-3-7-18(17)26-15-19(24)22-10-4-5-11-22/h2-3,6-7,16,21H,4-5,8-15H2,1H3. The summed E-state index contributed by atoms with van der Waals surface area (Å²) in [6.45, 7) is 4.41. The molecule has 0 unspecified atom stereocenters. The number of amides is 2. The SMILES string of the molecule is CNCC1CCN(C(=O)c2ccccc2SCC(=O)N2CCCC2)CC1. The minimum Gasteiger partial charge on any atom is -0.342 e. The second kappa shape index (κ2) is 9.42. The molecule has 0 radical (unpaired) electrons. The van der Waals surface area contributed by atoms with Gasteiger partial charge in [-0.1, -0.05) is 12.1 Å². The van der Waals surface area contributed by atoms with Crippen molar-refractivity contribution in [2.24, 2.45) is 5.92 Å². The van der Waals surface area contributed by atoms with Crippen LogP contribution in [0.1, 0.15) is 36.0 Å². The number of likely N-dealkylation sites (tertiary alicyclic amines) is 2. The highest BCUT2D eigenvalue weighted by Crippen LogP contribution is 2.26. The topological polar surface area (TPSA) is 52.7 Å². The molecule has 3 rings (SSSR count). The number of thioether (sulfide) groups is 1. The van der Waals surface area contributed by atoms with E-state index in [9.17, 15) is 9.59 Å². The normalized spacial score (nSPS) is 18.3. The first-order chi connectivity index (χ1) is 12.7. The van der Waals surface area contributed by atoms with Crippen LogP contribution in [-0.2, 0) is 4.79 Å². The van der Waals surface area contributed by atoms with E-state index in [0.29, 0.717) is 11.7 Å². The lowest BCUT2D eigenvalue weighted by atomic mass is 9.96. The zero-order valence-electron chi connectivity index (χ0n) is 15.6. The molecule has 1 aromatic carbocycles. The Hall–Kier alpha value is -1.53. The van der Waals surface area contributed by atoms with Crippen molar-refractivity contribution < 1.29 is 9.59 Å². The van der Waals surface area contributed by atoms with Gasteiger partial charge in [-0.3, -0.25) is 9.59 Å². The van der Waals surface area contributed by atoms with Crippen molar-refractivity contribution in [1.29, 1.82) is 0 Å². The fourth-order valence-corrected chi connectivity index (χ4v) is 4.71. The van der Waals surface area contributed by atoms with Crippen molar-refractivity contribution >= 4 is 23.6 Å². The molecule has 0 aliphatic carbocycles. The van der Waals surface area contributed by atoms with Crippen LogP contribution >= 0.6 is 11.8 Å². The predicted molar refractivity (Wildman–Crippen MR) is 106 cm³/mol. The van der Waals surface area contributed by atoms with Crippen LogP contribution in [0.2, 0.25) is 0 Å². The summed E-state index contributed by atoms with van der Waals surface area (Å²) in [5, 5.41) is 3.23. The fourth-order valence-electron chi connectivity index (χ4n) is 3.77. The fraction of sp³-hybridized carbons (Fsp3) is 0.600. The van der Waals surface area contributed by atoms with E-state index in [1.165, 1.54) is 11.8 Å². The van der Waals surface area contributed by atoms with Gasteiger partial charge in [0, 0.05) is 31.1 Å². The summed E-state index contributed by atoms with van der Waals surface area (Å²) in [5.41, 5.74) is 0.735. The number of rotatable bonds is 6. The Kier molecular flexibility index (Phi) is 6.97. The largest absolute Gasteiger partial charge is 0.342 e. The van der Waals surface area contributed by atoms with Crippen LogP contribution in [0.25, 0.3) is 0 Å². The maximum Gasteiger partial charge on any atom is 0.254 e. The zero-order valence-corrected chi connectivity index (χ0v) is 16.4. The van der Waals surface area contributed by atoms with Crippen molar-refractivity contribution in [3.05, 3.63) is 29.8 Å². The van der Waals surface area contributed by atoms with Gasteiger partial charge in [0.1, 0.15) is 0 Å². The molecule has 0 bridgehead atoms. The van der Waals surface area contributed by atoms with E-state index in [-0.39, 0.29) is 11.8 Å². The number of carbonyl (C=O) groups excluding carboxylic acids is 2. The number of nitrogens with zero attached hydrogens (tertiary/aromatic N) is 2. The van der Waals surface area contributed by atoms with E-state index in [4.69, 9.17) is 0 Å². The second-order valence-electron chi connectivity index (χ2n) is 7.17. The quantitative estimate of drug-likeness (QED) is 0.776. The van der Waals surface area contributed by atoms with Crippen LogP contribution in [0, 0.1) is 5.92 Å². The predicted octanol–water partition coefficient (Wildman–Crippen LogP) is 2.47. The Balaban J connectivity index is 1.59. The van der Waals surface area contributed by atoms with Gasteiger partial charge in [-0.05, 0) is 57.3 Å². The molecule has 2 heterocycles. The van der Waals surface area contributed by atoms with Crippen LogP contribution in [0.4, 0.5) is 0 Å². The van der Waals surface area contributed by atoms with E-state index in [1.54, 1.807) is 0 Å². The molecule has 0 aromatic heterocycles. The number of benzene rings is 1. The number of hydrogen-bond donors (Lipinski definition) is 1. The second-order valence-corrected chi connectivity index (χ2v) is 8.18. The van der Waals surface area contributed by atoms with Gasteiger partial charge >= 0.3 is 0 Å². The Morgan fingerprint density at radius 1 is 1.08 bits per heavy atom. The molecular weight excluding hydrogens is 346 g/mol. The third kappa shape index (κ3) is 4.80. The highest BCUT2D eigenvalue weighted by Gasteiger charge is 2.25. The summed E-state index contributed by atoms with van der Waals surface area (Å²) >= 11 is 1.49. The Morgan fingerprint density at radius 2 is 1.77 bits per heavy atom. The first-order valence-electron chi connectivity index (χ1n) is 9.62. The number of hydrogen-bond acceptors (Lipinski definition) is 4. The number of carbonyl (C=O) groups is 2. The Morgan fingerprint density at radius 3 is 2.46 bits per heavy atom. The van der Waals surface area contributed by atoms with E-state index in [0.717, 1.165) is 68.9 Å². The summed E-state index contributed by atoms with van der Waals surface area (Å²) in [6, 6.07) is 7.71. The van der Waals surface area contributed by atoms with Crippen molar-refractivity contribution in [3.8, 4) is 0 Å². The molecule has 142 valence electrons. The molecule has 26 heavy (non-hydrogen) atoms. The van der Waals surface area contributed by atoms with E-state index >= 15 is 0 Å². The van der Waals surface area contributed by atoms with Crippen LogP contribution in [0.5, 0.6) is 0 Å². The van der Waals surface area contributed by atoms with Gasteiger partial charge in [0.2, 0.25) is 5.91 Å². The Labute approximate surface area is 160 Å². The van der Waals surface area contributed by atoms with Crippen LogP contribution in [0.15, 0.2) is 29.2 Å². The Bertz CT molecular complexity index is 623. The van der Waals surface area contributed by atoms with Gasteiger partial charge in [-0.2, -0.15) is 0 Å². The molecule has 5 nitrogen and oxygen atoms in total. The van der Waals surface area contributed by atoms with Crippen molar-refractivity contribution in [2.45, 2.75) is 30.6 Å². The first-order valence-corrected chi connectivity index (χ1v) is 10.6. The molecule has 1 N–H and O–H groups in total. The highest BCUT2D eigenvalue weighted by atomic mass is 32.2. The highest BCUT2D eigenvalue weighted by molar-refractivity contribution is 8.00. The maximum atomic E-state index is 13.0. The van der Waals surface area contributed by atoms with Crippen molar-refractivity contribution in [3.63, 3.8) is 0 Å². The summed E-state index contributed by atoms with van der Waals surface area (Å²) in [5.74, 6) is 1.35. The van der Waals surface area contributed by atoms with Crippen molar-refractivity contribution in [2.75, 3.05) is 45.5 Å². The molecule has 2 aliphatic heterocycles. The summed E-state index contributed by atoms with van der Waals surface area (Å²) in [4.78, 5) is 30.1. The minimum atomic E-state index is 0.102. The molecule has 1 aromatic rings. The molecule has 2 amide bonds. The summed E-state index contributed by atoms with van der Waals surface area (Å²) in [7, 11) is 1.98. The van der Waals surface area contributed by atoms with Crippen LogP contribution in [0.3, 0.4) is 0 Å². The van der Waals surface area contributed by atoms with Gasteiger partial charge in [0.25, 0.3) is 5.91 Å². The number of nitrogens with one attached hydrogen (secondary N) is 1. The third-order valence-electron chi connectivity index (χ3n) is 5.32. The van der Waals surface area contributed by atoms with E-state index in [1.807, 2.05) is 41.1 Å². The maximum absolute atomic E-state index is 13.0. The lowest BCUT2D eigenvalue weighted by Crippen LogP contribution is -2.40. The van der Waals surface area contributed by atoms with E-state index < -0.39 is 0 Å². The van der Waals surface area contributed by atoms with Crippen LogP contribution < -0.4 is 5.32 Å². The first kappa shape index (κ1) is 19.2. The van der Waals surface area contributed by atoms with Gasteiger partial charge in [0.05, 0.1) is 11.3 Å². The lowest BCUT2D eigenvalue weighted by molar-refractivity contribution is -0.127. The molecule has 2 aliphatic rings. The molecule has 2 fully saturated rings. The van der Waals surface area contributed by atoms with Crippen LogP contribution in [-0.4, -0.2) is 67.1 Å². The zero-order chi connectivity index (χ0) is 18.4. The van der Waals surface area contributed by atoms with Crippen molar-refractivity contribution in [1.82, 2.24) is 15.1 Å². The van der Waals surface area contributed by atoms with Gasteiger partial charge in [-0.25, -0.2) is 0 Å². The molecule has 0 saturated carbocycles.